The van der Waals surface area contributed by atoms with Crippen molar-refractivity contribution < 1.29 is 0 Å². The number of halogens is 3. The Hall–Kier alpha value is 0.240. The van der Waals surface area contributed by atoms with Gasteiger partial charge in [-0.15, -0.1) is 12.4 Å². The van der Waals surface area contributed by atoms with Crippen LogP contribution >= 0.6 is 39.9 Å². The quantitative estimate of drug-likeness (QED) is 0.839. The van der Waals surface area contributed by atoms with Gasteiger partial charge in [-0.1, -0.05) is 27.5 Å². The van der Waals surface area contributed by atoms with Gasteiger partial charge >= 0.3 is 0 Å². The van der Waals surface area contributed by atoms with Crippen LogP contribution in [0.1, 0.15) is 18.4 Å². The third kappa shape index (κ3) is 2.18. The highest BCUT2D eigenvalue weighted by Gasteiger charge is 2.41. The van der Waals surface area contributed by atoms with Crippen LogP contribution in [0, 0.1) is 0 Å². The first kappa shape index (κ1) is 11.3. The molecule has 0 radical (unpaired) electrons. The van der Waals surface area contributed by atoms with Gasteiger partial charge < -0.3 is 5.73 Å². The van der Waals surface area contributed by atoms with E-state index in [1.807, 2.05) is 18.2 Å². The van der Waals surface area contributed by atoms with E-state index in [1.165, 1.54) is 0 Å². The number of hydrogen-bond acceptors (Lipinski definition) is 1. The fraction of sp³-hybridized carbons (Fsp3) is 0.333. The van der Waals surface area contributed by atoms with Crippen LogP contribution < -0.4 is 5.73 Å². The van der Waals surface area contributed by atoms with Gasteiger partial charge in [0.15, 0.2) is 0 Å². The van der Waals surface area contributed by atoms with E-state index in [-0.39, 0.29) is 17.9 Å². The molecule has 1 aliphatic carbocycles. The Kier molecular flexibility index (Phi) is 3.29. The molecule has 13 heavy (non-hydrogen) atoms. The lowest BCUT2D eigenvalue weighted by atomic mass is 10.1. The van der Waals surface area contributed by atoms with Crippen molar-refractivity contribution in [3.8, 4) is 0 Å². The zero-order valence-corrected chi connectivity index (χ0v) is 10.0. The van der Waals surface area contributed by atoms with Gasteiger partial charge in [0.1, 0.15) is 0 Å². The van der Waals surface area contributed by atoms with Gasteiger partial charge in [0.25, 0.3) is 0 Å². The Bertz CT molecular complexity index is 323. The van der Waals surface area contributed by atoms with E-state index >= 15 is 0 Å². The fourth-order valence-electron chi connectivity index (χ4n) is 1.28. The molecule has 0 saturated heterocycles. The van der Waals surface area contributed by atoms with Crippen molar-refractivity contribution in [3.63, 3.8) is 0 Å². The molecular formula is C9H10BrCl2N. The van der Waals surface area contributed by atoms with Crippen molar-refractivity contribution in [1.29, 1.82) is 0 Å². The summed E-state index contributed by atoms with van der Waals surface area (Å²) >= 11 is 9.42. The van der Waals surface area contributed by atoms with Crippen LogP contribution in [-0.4, -0.2) is 0 Å². The van der Waals surface area contributed by atoms with Gasteiger partial charge in [0.2, 0.25) is 0 Å². The summed E-state index contributed by atoms with van der Waals surface area (Å²) in [6, 6.07) is 5.82. The lowest BCUT2D eigenvalue weighted by Crippen LogP contribution is -2.19. The van der Waals surface area contributed by atoms with E-state index in [0.29, 0.717) is 0 Å². The molecule has 4 heteroatoms. The molecule has 1 aromatic rings. The molecule has 0 spiro atoms. The SMILES string of the molecule is Cl.NC1(c2cc(Br)ccc2Cl)CC1. The highest BCUT2D eigenvalue weighted by molar-refractivity contribution is 9.10. The van der Waals surface area contributed by atoms with E-state index in [1.54, 1.807) is 0 Å². The highest BCUT2D eigenvalue weighted by atomic mass is 79.9. The maximum absolute atomic E-state index is 6.03. The summed E-state index contributed by atoms with van der Waals surface area (Å²) in [5, 5.41) is 0.776. The van der Waals surface area contributed by atoms with Crippen LogP contribution in [-0.2, 0) is 5.54 Å². The fourth-order valence-corrected chi connectivity index (χ4v) is 1.95. The summed E-state index contributed by atoms with van der Waals surface area (Å²) in [5.74, 6) is 0. The molecule has 1 saturated carbocycles. The lowest BCUT2D eigenvalue weighted by Gasteiger charge is -2.11. The Labute approximate surface area is 97.2 Å². The Morgan fingerprint density at radius 1 is 1.38 bits per heavy atom. The highest BCUT2D eigenvalue weighted by Crippen LogP contribution is 2.46. The lowest BCUT2D eigenvalue weighted by molar-refractivity contribution is 0.740. The first-order chi connectivity index (χ1) is 5.62. The molecule has 0 amide bonds. The minimum Gasteiger partial charge on any atom is -0.321 e. The monoisotopic (exact) mass is 281 g/mol. The van der Waals surface area contributed by atoms with Crippen molar-refractivity contribution in [3.05, 3.63) is 33.3 Å². The molecule has 1 aliphatic rings. The average molecular weight is 283 g/mol. The minimum atomic E-state index is -0.138. The van der Waals surface area contributed by atoms with E-state index < -0.39 is 0 Å². The van der Waals surface area contributed by atoms with Crippen LogP contribution in [0.5, 0.6) is 0 Å². The van der Waals surface area contributed by atoms with Crippen LogP contribution in [0.2, 0.25) is 5.02 Å². The molecule has 2 N–H and O–H groups in total. The van der Waals surface area contributed by atoms with Crippen molar-refractivity contribution in [2.75, 3.05) is 0 Å². The van der Waals surface area contributed by atoms with Crippen molar-refractivity contribution in [2.45, 2.75) is 18.4 Å². The molecule has 1 aromatic carbocycles. The van der Waals surface area contributed by atoms with E-state index in [9.17, 15) is 0 Å². The van der Waals surface area contributed by atoms with Crippen molar-refractivity contribution in [2.24, 2.45) is 5.73 Å². The van der Waals surface area contributed by atoms with E-state index in [2.05, 4.69) is 15.9 Å². The van der Waals surface area contributed by atoms with Gasteiger partial charge in [-0.25, -0.2) is 0 Å². The van der Waals surface area contributed by atoms with Crippen LogP contribution in [0.15, 0.2) is 22.7 Å². The Morgan fingerprint density at radius 3 is 2.54 bits per heavy atom. The predicted molar refractivity (Wildman–Crippen MR) is 61.5 cm³/mol. The predicted octanol–water partition coefficient (Wildman–Crippen LogP) is 3.47. The second-order valence-corrected chi connectivity index (χ2v) is 4.60. The molecule has 72 valence electrons. The largest absolute Gasteiger partial charge is 0.321 e. The maximum atomic E-state index is 6.03. The van der Waals surface area contributed by atoms with Gasteiger partial charge in [-0.2, -0.15) is 0 Å². The smallest absolute Gasteiger partial charge is 0.0457 e. The third-order valence-corrected chi connectivity index (χ3v) is 3.08. The summed E-state index contributed by atoms with van der Waals surface area (Å²) in [7, 11) is 0. The first-order valence-electron chi connectivity index (χ1n) is 3.86. The molecule has 0 unspecified atom stereocenters. The summed E-state index contributed by atoms with van der Waals surface area (Å²) < 4.78 is 1.04. The zero-order valence-electron chi connectivity index (χ0n) is 6.89. The summed E-state index contributed by atoms with van der Waals surface area (Å²) in [6.07, 6.45) is 2.09. The average Bonchev–Trinajstić information content (AvgIpc) is 2.75. The first-order valence-corrected chi connectivity index (χ1v) is 5.03. The standard InChI is InChI=1S/C9H9BrClN.ClH/c10-6-1-2-8(11)7(5-6)9(12)3-4-9;/h1-2,5H,3-4,12H2;1H. The molecule has 0 atom stereocenters. The Balaban J connectivity index is 0.000000845. The van der Waals surface area contributed by atoms with Crippen molar-refractivity contribution in [1.82, 2.24) is 0 Å². The summed E-state index contributed by atoms with van der Waals surface area (Å²) in [4.78, 5) is 0. The molecule has 0 aliphatic heterocycles. The van der Waals surface area contributed by atoms with Gasteiger partial charge in [-0.05, 0) is 36.6 Å². The minimum absolute atomic E-state index is 0. The molecule has 0 aromatic heterocycles. The Morgan fingerprint density at radius 2 is 2.00 bits per heavy atom. The van der Waals surface area contributed by atoms with Gasteiger partial charge in [0.05, 0.1) is 0 Å². The van der Waals surface area contributed by atoms with E-state index in [0.717, 1.165) is 27.9 Å². The molecule has 0 heterocycles. The number of hydrogen-bond donors (Lipinski definition) is 1. The molecular weight excluding hydrogens is 273 g/mol. The molecule has 1 fully saturated rings. The third-order valence-electron chi connectivity index (χ3n) is 2.25. The zero-order chi connectivity index (χ0) is 8.77. The number of benzene rings is 1. The number of nitrogens with two attached hydrogens (primary N) is 1. The number of rotatable bonds is 1. The van der Waals surface area contributed by atoms with E-state index in [4.69, 9.17) is 17.3 Å². The van der Waals surface area contributed by atoms with Gasteiger partial charge in [-0.3, -0.25) is 0 Å². The van der Waals surface area contributed by atoms with Gasteiger partial charge in [0, 0.05) is 15.0 Å². The molecule has 0 bridgehead atoms. The topological polar surface area (TPSA) is 26.0 Å². The maximum Gasteiger partial charge on any atom is 0.0457 e. The molecule has 2 rings (SSSR count). The van der Waals surface area contributed by atoms with Crippen molar-refractivity contribution >= 4 is 39.9 Å². The van der Waals surface area contributed by atoms with Crippen LogP contribution in [0.3, 0.4) is 0 Å². The molecule has 1 nitrogen and oxygen atoms in total. The second kappa shape index (κ2) is 3.77. The summed E-state index contributed by atoms with van der Waals surface area (Å²) in [5.41, 5.74) is 6.96. The second-order valence-electron chi connectivity index (χ2n) is 3.28. The summed E-state index contributed by atoms with van der Waals surface area (Å²) in [6.45, 7) is 0. The normalized spacial score (nSPS) is 17.8. The van der Waals surface area contributed by atoms with Crippen LogP contribution in [0.4, 0.5) is 0 Å². The van der Waals surface area contributed by atoms with Crippen LogP contribution in [0.25, 0.3) is 0 Å².